The minimum Gasteiger partial charge on any atom is -0.331 e. The zero-order valence-electron chi connectivity index (χ0n) is 10.7. The molecule has 2 heterocycles. The molecule has 0 spiro atoms. The molecule has 1 aromatic carbocycles. The van der Waals surface area contributed by atoms with Gasteiger partial charge in [-0.2, -0.15) is 0 Å². The minimum atomic E-state index is 0.190. The summed E-state index contributed by atoms with van der Waals surface area (Å²) in [6, 6.07) is 7.73. The van der Waals surface area contributed by atoms with Gasteiger partial charge >= 0.3 is 0 Å². The van der Waals surface area contributed by atoms with Gasteiger partial charge in [0.15, 0.2) is 12.1 Å². The topological polar surface area (TPSA) is 60.7 Å². The fraction of sp³-hybridized carbons (Fsp3) is 0.143. The molecular weight excluding hydrogens is 240 g/mol. The summed E-state index contributed by atoms with van der Waals surface area (Å²) in [5.41, 5.74) is 3.65. The maximum atomic E-state index is 10.7. The van der Waals surface area contributed by atoms with E-state index in [4.69, 9.17) is 0 Å². The maximum absolute atomic E-state index is 10.7. The highest BCUT2D eigenvalue weighted by Crippen LogP contribution is 2.22. The van der Waals surface area contributed by atoms with E-state index < -0.39 is 0 Å². The first kappa shape index (κ1) is 11.5. The zero-order chi connectivity index (χ0) is 13.4. The highest BCUT2D eigenvalue weighted by molar-refractivity contribution is 5.82. The van der Waals surface area contributed by atoms with Gasteiger partial charge in [-0.3, -0.25) is 4.79 Å². The van der Waals surface area contributed by atoms with E-state index in [0.29, 0.717) is 6.29 Å². The van der Waals surface area contributed by atoms with Crippen molar-refractivity contribution in [3.8, 4) is 11.3 Å². The van der Waals surface area contributed by atoms with Crippen LogP contribution in [0.4, 0.5) is 0 Å². The Labute approximate surface area is 110 Å². The lowest BCUT2D eigenvalue weighted by Crippen LogP contribution is -1.94. The van der Waals surface area contributed by atoms with Crippen LogP contribution in [0, 0.1) is 6.92 Å². The maximum Gasteiger partial charge on any atom is 0.193 e. The molecule has 0 bridgehead atoms. The van der Waals surface area contributed by atoms with E-state index in [-0.39, 0.29) is 5.82 Å². The molecular formula is C14H12N4O. The SMILES string of the molecule is Cc1nc2cc(-c3ccnc(C=O)n3)ccc2n1C. The van der Waals surface area contributed by atoms with E-state index in [1.165, 1.54) is 0 Å². The lowest BCUT2D eigenvalue weighted by molar-refractivity contribution is 0.111. The van der Waals surface area contributed by atoms with Crippen LogP contribution in [-0.2, 0) is 7.05 Å². The second kappa shape index (κ2) is 4.28. The second-order valence-corrected chi connectivity index (χ2v) is 4.34. The molecule has 0 atom stereocenters. The van der Waals surface area contributed by atoms with Crippen molar-refractivity contribution in [2.24, 2.45) is 7.05 Å². The number of carbonyl (C=O) groups excluding carboxylic acids is 1. The number of imidazole rings is 1. The molecule has 0 aliphatic rings. The summed E-state index contributed by atoms with van der Waals surface area (Å²) in [5, 5.41) is 0. The first-order valence-electron chi connectivity index (χ1n) is 5.91. The van der Waals surface area contributed by atoms with Gasteiger partial charge in [0.05, 0.1) is 16.7 Å². The Hall–Kier alpha value is -2.56. The second-order valence-electron chi connectivity index (χ2n) is 4.34. The number of aldehydes is 1. The Morgan fingerprint density at radius 3 is 2.84 bits per heavy atom. The Kier molecular flexibility index (Phi) is 2.59. The van der Waals surface area contributed by atoms with Crippen LogP contribution in [0.5, 0.6) is 0 Å². The first-order chi connectivity index (χ1) is 9.19. The van der Waals surface area contributed by atoms with Crippen molar-refractivity contribution in [1.29, 1.82) is 0 Å². The zero-order valence-corrected chi connectivity index (χ0v) is 10.7. The smallest absolute Gasteiger partial charge is 0.193 e. The quantitative estimate of drug-likeness (QED) is 0.656. The van der Waals surface area contributed by atoms with Crippen molar-refractivity contribution in [3.63, 3.8) is 0 Å². The lowest BCUT2D eigenvalue weighted by atomic mass is 10.1. The molecule has 0 amide bonds. The summed E-state index contributed by atoms with van der Waals surface area (Å²) in [6.45, 7) is 1.97. The van der Waals surface area contributed by atoms with Gasteiger partial charge in [-0.25, -0.2) is 15.0 Å². The monoisotopic (exact) mass is 252 g/mol. The van der Waals surface area contributed by atoms with E-state index in [2.05, 4.69) is 15.0 Å². The van der Waals surface area contributed by atoms with Crippen LogP contribution < -0.4 is 0 Å². The van der Waals surface area contributed by atoms with Crippen LogP contribution in [0.2, 0.25) is 0 Å². The van der Waals surface area contributed by atoms with Gasteiger partial charge < -0.3 is 4.57 Å². The molecule has 3 aromatic rings. The highest BCUT2D eigenvalue weighted by Gasteiger charge is 2.07. The molecule has 2 aromatic heterocycles. The van der Waals surface area contributed by atoms with Crippen LogP contribution in [0.15, 0.2) is 30.5 Å². The van der Waals surface area contributed by atoms with Crippen molar-refractivity contribution in [2.75, 3.05) is 0 Å². The number of fused-ring (bicyclic) bond motifs is 1. The van der Waals surface area contributed by atoms with Gasteiger partial charge in [-0.1, -0.05) is 6.07 Å². The molecule has 0 radical (unpaired) electrons. The summed E-state index contributed by atoms with van der Waals surface area (Å²) in [4.78, 5) is 23.2. The van der Waals surface area contributed by atoms with Crippen molar-refractivity contribution in [2.45, 2.75) is 6.92 Å². The van der Waals surface area contributed by atoms with Crippen LogP contribution in [0.25, 0.3) is 22.3 Å². The van der Waals surface area contributed by atoms with E-state index in [1.807, 2.05) is 36.7 Å². The average molecular weight is 252 g/mol. The summed E-state index contributed by atoms with van der Waals surface area (Å²) < 4.78 is 2.04. The molecule has 0 fully saturated rings. The number of benzene rings is 1. The lowest BCUT2D eigenvalue weighted by Gasteiger charge is -2.01. The minimum absolute atomic E-state index is 0.190. The third-order valence-electron chi connectivity index (χ3n) is 3.18. The Morgan fingerprint density at radius 2 is 2.05 bits per heavy atom. The normalized spacial score (nSPS) is 10.8. The molecule has 5 heteroatoms. The summed E-state index contributed by atoms with van der Waals surface area (Å²) in [6.07, 6.45) is 2.23. The van der Waals surface area contributed by atoms with Gasteiger partial charge in [0, 0.05) is 18.8 Å². The third kappa shape index (κ3) is 1.89. The van der Waals surface area contributed by atoms with Crippen molar-refractivity contribution < 1.29 is 4.79 Å². The van der Waals surface area contributed by atoms with Gasteiger partial charge in [0.25, 0.3) is 0 Å². The molecule has 0 aliphatic heterocycles. The summed E-state index contributed by atoms with van der Waals surface area (Å²) in [7, 11) is 1.99. The van der Waals surface area contributed by atoms with Gasteiger partial charge in [0.2, 0.25) is 0 Å². The van der Waals surface area contributed by atoms with E-state index >= 15 is 0 Å². The fourth-order valence-electron chi connectivity index (χ4n) is 2.07. The average Bonchev–Trinajstić information content (AvgIpc) is 2.73. The number of carbonyl (C=O) groups is 1. The molecule has 0 aliphatic carbocycles. The van der Waals surface area contributed by atoms with Crippen LogP contribution in [0.1, 0.15) is 16.4 Å². The number of rotatable bonds is 2. The van der Waals surface area contributed by atoms with Gasteiger partial charge in [0.1, 0.15) is 5.82 Å². The molecule has 5 nitrogen and oxygen atoms in total. The molecule has 19 heavy (non-hydrogen) atoms. The van der Waals surface area contributed by atoms with E-state index in [1.54, 1.807) is 12.3 Å². The predicted molar refractivity (Wildman–Crippen MR) is 71.9 cm³/mol. The molecule has 94 valence electrons. The fourth-order valence-corrected chi connectivity index (χ4v) is 2.07. The van der Waals surface area contributed by atoms with Crippen molar-refractivity contribution in [1.82, 2.24) is 19.5 Å². The van der Waals surface area contributed by atoms with Crippen LogP contribution >= 0.6 is 0 Å². The number of aromatic nitrogens is 4. The van der Waals surface area contributed by atoms with E-state index in [0.717, 1.165) is 28.1 Å². The number of nitrogens with zero attached hydrogens (tertiary/aromatic N) is 4. The summed E-state index contributed by atoms with van der Waals surface area (Å²) >= 11 is 0. The standard InChI is InChI=1S/C14H12N4O/c1-9-16-12-7-10(3-4-13(12)18(9)2)11-5-6-15-14(8-19)17-11/h3-8H,1-2H3. The number of hydrogen-bond donors (Lipinski definition) is 0. The van der Waals surface area contributed by atoms with Crippen LogP contribution in [-0.4, -0.2) is 25.8 Å². The summed E-state index contributed by atoms with van der Waals surface area (Å²) in [5.74, 6) is 1.15. The van der Waals surface area contributed by atoms with Crippen LogP contribution in [0.3, 0.4) is 0 Å². The molecule has 0 N–H and O–H groups in total. The molecule has 0 saturated heterocycles. The van der Waals surface area contributed by atoms with Crippen molar-refractivity contribution in [3.05, 3.63) is 42.1 Å². The molecule has 0 saturated carbocycles. The number of hydrogen-bond acceptors (Lipinski definition) is 4. The molecule has 3 rings (SSSR count). The largest absolute Gasteiger partial charge is 0.331 e. The first-order valence-corrected chi connectivity index (χ1v) is 5.91. The van der Waals surface area contributed by atoms with E-state index in [9.17, 15) is 4.79 Å². The Morgan fingerprint density at radius 1 is 1.21 bits per heavy atom. The van der Waals surface area contributed by atoms with Gasteiger partial charge in [-0.05, 0) is 25.1 Å². The predicted octanol–water partition coefficient (Wildman–Crippen LogP) is 2.15. The van der Waals surface area contributed by atoms with Crippen molar-refractivity contribution >= 4 is 17.3 Å². The van der Waals surface area contributed by atoms with Gasteiger partial charge in [-0.15, -0.1) is 0 Å². The highest BCUT2D eigenvalue weighted by atomic mass is 16.1. The third-order valence-corrected chi connectivity index (χ3v) is 3.18. The number of aryl methyl sites for hydroxylation is 2. The Balaban J connectivity index is 2.17. The molecule has 0 unspecified atom stereocenters. The Bertz CT molecular complexity index is 776.